The number of hydrogen-bond acceptors (Lipinski definition) is 3. The van der Waals surface area contributed by atoms with Gasteiger partial charge in [0.15, 0.2) is 0 Å². The van der Waals surface area contributed by atoms with Crippen LogP contribution < -0.4 is 4.74 Å². The first kappa shape index (κ1) is 25.0. The molecule has 0 aliphatic heterocycles. The van der Waals surface area contributed by atoms with E-state index in [0.717, 1.165) is 11.1 Å². The molecule has 190 valence electrons. The van der Waals surface area contributed by atoms with E-state index in [1.807, 2.05) is 77.7 Å². The number of hydrogen-bond donors (Lipinski definition) is 0. The second kappa shape index (κ2) is 11.6. The van der Waals surface area contributed by atoms with Gasteiger partial charge in [-0.15, -0.1) is 0 Å². The van der Waals surface area contributed by atoms with Crippen LogP contribution in [0.5, 0.6) is 5.75 Å². The van der Waals surface area contributed by atoms with Crippen molar-refractivity contribution in [2.75, 3.05) is 13.7 Å². The van der Waals surface area contributed by atoms with Crippen LogP contribution in [0.25, 0.3) is 16.9 Å². The summed E-state index contributed by atoms with van der Waals surface area (Å²) in [6.45, 7) is 0.954. The maximum absolute atomic E-state index is 14.7. The minimum Gasteiger partial charge on any atom is -0.497 e. The number of amides is 1. The minimum absolute atomic E-state index is 0.185. The summed E-state index contributed by atoms with van der Waals surface area (Å²) in [5.41, 5.74) is 3.95. The molecule has 4 aromatic carbocycles. The molecule has 1 heterocycles. The summed E-state index contributed by atoms with van der Waals surface area (Å²) in [7, 11) is 1.60. The molecule has 0 aliphatic carbocycles. The van der Waals surface area contributed by atoms with E-state index in [9.17, 15) is 9.18 Å². The highest BCUT2D eigenvalue weighted by atomic mass is 19.1. The number of carbonyl (C=O) groups excluding carboxylic acids is 1. The highest BCUT2D eigenvalue weighted by Crippen LogP contribution is 2.26. The maximum atomic E-state index is 14.7. The molecule has 0 bridgehead atoms. The van der Waals surface area contributed by atoms with Gasteiger partial charge in [0.05, 0.1) is 18.5 Å². The second-order valence-electron chi connectivity index (χ2n) is 8.95. The molecule has 0 saturated heterocycles. The molecular weight excluding hydrogens is 477 g/mol. The predicted octanol–water partition coefficient (Wildman–Crippen LogP) is 6.57. The summed E-state index contributed by atoms with van der Waals surface area (Å²) in [5, 5.41) is 4.68. The maximum Gasteiger partial charge on any atom is 0.272 e. The zero-order chi connectivity index (χ0) is 26.3. The smallest absolute Gasteiger partial charge is 0.272 e. The van der Waals surface area contributed by atoms with Gasteiger partial charge < -0.3 is 9.64 Å². The Balaban J connectivity index is 1.55. The van der Waals surface area contributed by atoms with Crippen LogP contribution in [-0.2, 0) is 13.0 Å². The highest BCUT2D eigenvalue weighted by Gasteiger charge is 2.24. The molecule has 0 atom stereocenters. The molecule has 38 heavy (non-hydrogen) atoms. The SMILES string of the molecule is COc1ccc(-n2nc(-c3ccccc3F)cc2C(=O)N(CCc2ccccc2)Cc2ccccc2)cc1. The van der Waals surface area contributed by atoms with Crippen LogP contribution in [0.15, 0.2) is 115 Å². The Hall–Kier alpha value is -4.71. The van der Waals surface area contributed by atoms with Crippen molar-refractivity contribution in [2.45, 2.75) is 13.0 Å². The third kappa shape index (κ3) is 5.65. The van der Waals surface area contributed by atoms with Gasteiger partial charge in [-0.1, -0.05) is 72.8 Å². The predicted molar refractivity (Wildman–Crippen MR) is 147 cm³/mol. The van der Waals surface area contributed by atoms with Gasteiger partial charge in [0.1, 0.15) is 17.3 Å². The quantitative estimate of drug-likeness (QED) is 0.228. The van der Waals surface area contributed by atoms with Gasteiger partial charge in [0, 0.05) is 18.7 Å². The normalized spacial score (nSPS) is 10.8. The summed E-state index contributed by atoms with van der Waals surface area (Å²) in [6, 6.07) is 35.4. The summed E-state index contributed by atoms with van der Waals surface area (Å²) < 4.78 is 21.6. The van der Waals surface area contributed by atoms with Crippen LogP contribution in [-0.4, -0.2) is 34.2 Å². The first-order valence-corrected chi connectivity index (χ1v) is 12.5. The van der Waals surface area contributed by atoms with Crippen LogP contribution in [0.4, 0.5) is 4.39 Å². The number of rotatable bonds is 9. The Morgan fingerprint density at radius 1 is 0.842 bits per heavy atom. The van der Waals surface area contributed by atoms with Crippen LogP contribution in [0.3, 0.4) is 0 Å². The van der Waals surface area contributed by atoms with E-state index in [4.69, 9.17) is 4.74 Å². The molecule has 6 heteroatoms. The molecule has 0 N–H and O–H groups in total. The van der Waals surface area contributed by atoms with E-state index >= 15 is 0 Å². The third-order valence-corrected chi connectivity index (χ3v) is 6.41. The van der Waals surface area contributed by atoms with Crippen molar-refractivity contribution >= 4 is 5.91 Å². The van der Waals surface area contributed by atoms with E-state index in [0.29, 0.717) is 47.9 Å². The Bertz CT molecular complexity index is 1500. The molecule has 5 aromatic rings. The molecule has 5 rings (SSSR count). The van der Waals surface area contributed by atoms with Gasteiger partial charge in [-0.2, -0.15) is 5.10 Å². The lowest BCUT2D eigenvalue weighted by Gasteiger charge is -2.23. The molecule has 0 radical (unpaired) electrons. The standard InChI is InChI=1S/C32H28FN3O2/c1-38-27-18-16-26(17-19-27)36-31(22-30(34-36)28-14-8-9-15-29(28)33)32(37)35(23-25-12-6-3-7-13-25)21-20-24-10-4-2-5-11-24/h2-19,22H,20-21,23H2,1H3. The molecule has 0 saturated carbocycles. The van der Waals surface area contributed by atoms with Crippen LogP contribution in [0.2, 0.25) is 0 Å². The Kier molecular flexibility index (Phi) is 7.59. The zero-order valence-electron chi connectivity index (χ0n) is 21.1. The molecule has 0 aliphatic rings. The first-order valence-electron chi connectivity index (χ1n) is 12.5. The van der Waals surface area contributed by atoms with Gasteiger partial charge in [-0.05, 0) is 60.0 Å². The molecule has 0 spiro atoms. The molecule has 0 fully saturated rings. The van der Waals surface area contributed by atoms with E-state index in [2.05, 4.69) is 17.2 Å². The second-order valence-corrected chi connectivity index (χ2v) is 8.95. The van der Waals surface area contributed by atoms with Crippen molar-refractivity contribution in [3.63, 3.8) is 0 Å². The molecule has 1 aromatic heterocycles. The zero-order valence-corrected chi connectivity index (χ0v) is 21.1. The largest absolute Gasteiger partial charge is 0.497 e. The van der Waals surface area contributed by atoms with Crippen LogP contribution in [0.1, 0.15) is 21.6 Å². The van der Waals surface area contributed by atoms with E-state index in [1.54, 1.807) is 36.1 Å². The van der Waals surface area contributed by atoms with Gasteiger partial charge in [0.25, 0.3) is 5.91 Å². The lowest BCUT2D eigenvalue weighted by atomic mass is 10.1. The number of ether oxygens (including phenoxy) is 1. The first-order chi connectivity index (χ1) is 18.6. The number of carbonyl (C=O) groups is 1. The Morgan fingerprint density at radius 3 is 2.13 bits per heavy atom. The number of nitrogens with zero attached hydrogens (tertiary/aromatic N) is 3. The Morgan fingerprint density at radius 2 is 1.47 bits per heavy atom. The van der Waals surface area contributed by atoms with Gasteiger partial charge in [0.2, 0.25) is 0 Å². The van der Waals surface area contributed by atoms with Gasteiger partial charge >= 0.3 is 0 Å². The fourth-order valence-electron chi connectivity index (χ4n) is 4.38. The molecular formula is C32H28FN3O2. The highest BCUT2D eigenvalue weighted by molar-refractivity contribution is 5.94. The van der Waals surface area contributed by atoms with Crippen molar-refractivity contribution in [1.82, 2.24) is 14.7 Å². The minimum atomic E-state index is -0.393. The lowest BCUT2D eigenvalue weighted by molar-refractivity contribution is 0.0736. The van der Waals surface area contributed by atoms with E-state index < -0.39 is 5.82 Å². The number of aromatic nitrogens is 2. The van der Waals surface area contributed by atoms with Crippen molar-refractivity contribution in [1.29, 1.82) is 0 Å². The van der Waals surface area contributed by atoms with Crippen LogP contribution in [0, 0.1) is 5.82 Å². The average Bonchev–Trinajstić information content (AvgIpc) is 3.41. The van der Waals surface area contributed by atoms with E-state index in [-0.39, 0.29) is 5.91 Å². The summed E-state index contributed by atoms with van der Waals surface area (Å²) in [5.74, 6) is 0.114. The van der Waals surface area contributed by atoms with Crippen LogP contribution >= 0.6 is 0 Å². The van der Waals surface area contributed by atoms with Crippen molar-refractivity contribution in [3.05, 3.63) is 138 Å². The number of methoxy groups -OCH3 is 1. The summed E-state index contributed by atoms with van der Waals surface area (Å²) >= 11 is 0. The topological polar surface area (TPSA) is 47.4 Å². The average molecular weight is 506 g/mol. The monoisotopic (exact) mass is 505 g/mol. The summed E-state index contributed by atoms with van der Waals surface area (Å²) in [6.07, 6.45) is 0.705. The fraction of sp³-hybridized carbons (Fsp3) is 0.125. The summed E-state index contributed by atoms with van der Waals surface area (Å²) in [4.78, 5) is 16.0. The van der Waals surface area contributed by atoms with Crippen molar-refractivity contribution in [2.24, 2.45) is 0 Å². The molecule has 0 unspecified atom stereocenters. The number of benzene rings is 4. The van der Waals surface area contributed by atoms with Gasteiger partial charge in [-0.25, -0.2) is 9.07 Å². The molecule has 1 amide bonds. The van der Waals surface area contributed by atoms with Crippen molar-refractivity contribution in [3.8, 4) is 22.7 Å². The van der Waals surface area contributed by atoms with E-state index in [1.165, 1.54) is 6.07 Å². The van der Waals surface area contributed by atoms with Gasteiger partial charge in [-0.3, -0.25) is 4.79 Å². The van der Waals surface area contributed by atoms with Crippen molar-refractivity contribution < 1.29 is 13.9 Å². The fourth-order valence-corrected chi connectivity index (χ4v) is 4.38. The third-order valence-electron chi connectivity index (χ3n) is 6.41. The number of halogens is 1. The lowest BCUT2D eigenvalue weighted by Crippen LogP contribution is -2.34. The Labute approximate surface area is 221 Å². The molecule has 5 nitrogen and oxygen atoms in total.